The zero-order valence-corrected chi connectivity index (χ0v) is 7.72. The Bertz CT molecular complexity index is 174. The van der Waals surface area contributed by atoms with Crippen molar-refractivity contribution in [3.05, 3.63) is 0 Å². The molecule has 0 aromatic heterocycles. The molecular formula is C10H16O. The predicted octanol–water partition coefficient (Wildman–Crippen LogP) is 2.12. The highest BCUT2D eigenvalue weighted by atomic mass is 16.1. The van der Waals surface area contributed by atoms with E-state index in [1.807, 2.05) is 20.8 Å². The van der Waals surface area contributed by atoms with Gasteiger partial charge in [0.1, 0.15) is 0 Å². The Balaban J connectivity index is 4.16. The summed E-state index contributed by atoms with van der Waals surface area (Å²) < 4.78 is 0. The molecule has 0 rings (SSSR count). The number of hydrogen-bond donors (Lipinski definition) is 0. The van der Waals surface area contributed by atoms with Gasteiger partial charge in [-0.3, -0.25) is 4.79 Å². The molecule has 1 nitrogen and oxygen atoms in total. The monoisotopic (exact) mass is 152 g/mol. The van der Waals surface area contributed by atoms with Crippen molar-refractivity contribution in [2.45, 2.75) is 27.7 Å². The van der Waals surface area contributed by atoms with Gasteiger partial charge in [-0.1, -0.05) is 26.7 Å². The number of carbonyl (C=O) groups excluding carboxylic acids is 1. The van der Waals surface area contributed by atoms with Crippen molar-refractivity contribution in [3.63, 3.8) is 0 Å². The normalized spacial score (nSPS) is 15.6. The van der Waals surface area contributed by atoms with Gasteiger partial charge in [0.05, 0.1) is 5.92 Å². The van der Waals surface area contributed by atoms with Gasteiger partial charge in [0.2, 0.25) is 0 Å². The number of Topliss-reactive ketones (excluding diaryl/α,β-unsaturated/α-hetero) is 1. The van der Waals surface area contributed by atoms with Gasteiger partial charge in [-0.15, -0.1) is 6.42 Å². The lowest BCUT2D eigenvalue weighted by molar-refractivity contribution is -0.125. The maximum atomic E-state index is 11.4. The Hall–Kier alpha value is -0.770. The molecule has 0 saturated heterocycles. The molecule has 1 heteroatoms. The molecule has 0 bridgehead atoms. The van der Waals surface area contributed by atoms with Crippen LogP contribution in [-0.2, 0) is 4.79 Å². The third kappa shape index (κ3) is 2.76. The van der Waals surface area contributed by atoms with Gasteiger partial charge in [0.15, 0.2) is 5.78 Å². The molecule has 0 heterocycles. The van der Waals surface area contributed by atoms with Crippen LogP contribution in [0.25, 0.3) is 0 Å². The highest BCUT2D eigenvalue weighted by molar-refractivity contribution is 5.85. The van der Waals surface area contributed by atoms with E-state index in [1.165, 1.54) is 0 Å². The molecule has 0 N–H and O–H groups in total. The molecule has 0 aromatic carbocycles. The molecule has 62 valence electrons. The van der Waals surface area contributed by atoms with E-state index < -0.39 is 0 Å². The van der Waals surface area contributed by atoms with E-state index in [1.54, 1.807) is 6.92 Å². The van der Waals surface area contributed by atoms with Crippen LogP contribution in [0.4, 0.5) is 0 Å². The maximum Gasteiger partial charge on any atom is 0.150 e. The van der Waals surface area contributed by atoms with Crippen molar-refractivity contribution >= 4 is 5.78 Å². The first-order valence-electron chi connectivity index (χ1n) is 4.00. The lowest BCUT2D eigenvalue weighted by Crippen LogP contribution is -2.22. The molecule has 11 heavy (non-hydrogen) atoms. The minimum Gasteiger partial charge on any atom is -0.298 e. The molecular weight excluding hydrogens is 136 g/mol. The molecule has 0 amide bonds. The van der Waals surface area contributed by atoms with Crippen LogP contribution in [0.5, 0.6) is 0 Å². The first kappa shape index (κ1) is 10.2. The molecule has 2 atom stereocenters. The smallest absolute Gasteiger partial charge is 0.150 e. The van der Waals surface area contributed by atoms with E-state index in [0.717, 1.165) is 0 Å². The molecule has 0 aliphatic carbocycles. The van der Waals surface area contributed by atoms with Crippen LogP contribution < -0.4 is 0 Å². The Labute approximate surface area is 69.2 Å². The Morgan fingerprint density at radius 2 is 1.73 bits per heavy atom. The molecule has 0 aliphatic heterocycles. The second kappa shape index (κ2) is 4.18. The van der Waals surface area contributed by atoms with E-state index in [0.29, 0.717) is 5.92 Å². The fourth-order valence-electron chi connectivity index (χ4n) is 0.805. The average Bonchev–Trinajstić information content (AvgIpc) is 2.00. The number of terminal acetylenes is 1. The minimum atomic E-state index is -0.229. The van der Waals surface area contributed by atoms with Crippen molar-refractivity contribution in [1.29, 1.82) is 0 Å². The van der Waals surface area contributed by atoms with E-state index >= 15 is 0 Å². The third-order valence-corrected chi connectivity index (χ3v) is 2.13. The maximum absolute atomic E-state index is 11.4. The molecule has 0 spiro atoms. The largest absolute Gasteiger partial charge is 0.298 e. The van der Waals surface area contributed by atoms with Crippen molar-refractivity contribution in [3.8, 4) is 12.3 Å². The second-order valence-electron chi connectivity index (χ2n) is 3.32. The zero-order valence-electron chi connectivity index (χ0n) is 7.72. The quantitative estimate of drug-likeness (QED) is 0.566. The summed E-state index contributed by atoms with van der Waals surface area (Å²) >= 11 is 0. The van der Waals surface area contributed by atoms with Crippen LogP contribution in [0.2, 0.25) is 0 Å². The lowest BCUT2D eigenvalue weighted by Gasteiger charge is -2.15. The van der Waals surface area contributed by atoms with E-state index in [4.69, 9.17) is 6.42 Å². The fraction of sp³-hybridized carbons (Fsp3) is 0.700. The topological polar surface area (TPSA) is 17.1 Å². The van der Waals surface area contributed by atoms with Gasteiger partial charge in [0, 0.05) is 5.92 Å². The summed E-state index contributed by atoms with van der Waals surface area (Å²) in [5.74, 6) is 2.88. The van der Waals surface area contributed by atoms with Crippen LogP contribution in [0.15, 0.2) is 0 Å². The van der Waals surface area contributed by atoms with Crippen molar-refractivity contribution in [2.24, 2.45) is 17.8 Å². The number of ketones is 1. The third-order valence-electron chi connectivity index (χ3n) is 2.13. The summed E-state index contributed by atoms with van der Waals surface area (Å²) in [5.41, 5.74) is 0. The van der Waals surface area contributed by atoms with E-state index in [2.05, 4.69) is 5.92 Å². The van der Waals surface area contributed by atoms with Crippen LogP contribution in [0.1, 0.15) is 27.7 Å². The Kier molecular flexibility index (Phi) is 3.89. The highest BCUT2D eigenvalue weighted by Crippen LogP contribution is 2.14. The summed E-state index contributed by atoms with van der Waals surface area (Å²) in [5, 5.41) is 0. The second-order valence-corrected chi connectivity index (χ2v) is 3.32. The van der Waals surface area contributed by atoms with Crippen molar-refractivity contribution in [2.75, 3.05) is 0 Å². The number of rotatable bonds is 3. The minimum absolute atomic E-state index is 0.0843. The molecule has 0 aromatic rings. The Morgan fingerprint density at radius 3 is 2.00 bits per heavy atom. The van der Waals surface area contributed by atoms with Gasteiger partial charge in [0.25, 0.3) is 0 Å². The highest BCUT2D eigenvalue weighted by Gasteiger charge is 2.20. The number of hydrogen-bond acceptors (Lipinski definition) is 1. The Morgan fingerprint density at radius 1 is 1.27 bits per heavy atom. The summed E-state index contributed by atoms with van der Waals surface area (Å²) in [6.07, 6.45) is 5.14. The van der Waals surface area contributed by atoms with Gasteiger partial charge >= 0.3 is 0 Å². The average molecular weight is 152 g/mol. The van der Waals surface area contributed by atoms with E-state index in [9.17, 15) is 4.79 Å². The summed E-state index contributed by atoms with van der Waals surface area (Å²) in [7, 11) is 0. The van der Waals surface area contributed by atoms with Crippen LogP contribution in [0, 0.1) is 30.1 Å². The fourth-order valence-corrected chi connectivity index (χ4v) is 0.805. The SMILES string of the molecule is C#CC(C)C(=O)C(C)C(C)C. The van der Waals surface area contributed by atoms with Crippen LogP contribution in [-0.4, -0.2) is 5.78 Å². The van der Waals surface area contributed by atoms with Gasteiger partial charge in [-0.25, -0.2) is 0 Å². The number of carbonyl (C=O) groups is 1. The molecule has 0 saturated carbocycles. The molecule has 0 fully saturated rings. The van der Waals surface area contributed by atoms with E-state index in [-0.39, 0.29) is 17.6 Å². The lowest BCUT2D eigenvalue weighted by atomic mass is 9.88. The van der Waals surface area contributed by atoms with Crippen molar-refractivity contribution < 1.29 is 4.79 Å². The first-order valence-corrected chi connectivity index (χ1v) is 4.00. The van der Waals surface area contributed by atoms with Gasteiger partial charge in [-0.05, 0) is 12.8 Å². The summed E-state index contributed by atoms with van der Waals surface area (Å²) in [4.78, 5) is 11.4. The predicted molar refractivity (Wildman–Crippen MR) is 47.0 cm³/mol. The van der Waals surface area contributed by atoms with Crippen LogP contribution in [0.3, 0.4) is 0 Å². The molecule has 0 radical (unpaired) electrons. The first-order chi connectivity index (χ1) is 5.00. The standard InChI is InChI=1S/C10H16O/c1-6-8(4)10(11)9(5)7(2)3/h1,7-9H,2-5H3. The van der Waals surface area contributed by atoms with Crippen LogP contribution >= 0.6 is 0 Å². The van der Waals surface area contributed by atoms with Gasteiger partial charge < -0.3 is 0 Å². The van der Waals surface area contributed by atoms with Crippen molar-refractivity contribution in [1.82, 2.24) is 0 Å². The summed E-state index contributed by atoms with van der Waals surface area (Å²) in [6, 6.07) is 0. The zero-order chi connectivity index (χ0) is 9.02. The molecule has 0 aliphatic rings. The molecule has 2 unspecified atom stereocenters. The summed E-state index contributed by atoms with van der Waals surface area (Å²) in [6.45, 7) is 7.78. The van der Waals surface area contributed by atoms with Gasteiger partial charge in [-0.2, -0.15) is 0 Å².